The Morgan fingerprint density at radius 1 is 1.19 bits per heavy atom. The summed E-state index contributed by atoms with van der Waals surface area (Å²) in [5, 5.41) is 0. The highest BCUT2D eigenvalue weighted by atomic mass is 16.1. The van der Waals surface area contributed by atoms with Gasteiger partial charge in [0.15, 0.2) is 0 Å². The minimum atomic E-state index is -0.0479. The molecule has 3 N–H and O–H groups in total. The minimum absolute atomic E-state index is 0.0479. The largest absolute Gasteiger partial charge is 0.397 e. The van der Waals surface area contributed by atoms with Crippen molar-refractivity contribution < 1.29 is 0 Å². The van der Waals surface area contributed by atoms with Crippen LogP contribution >= 0.6 is 0 Å². The Bertz CT molecular complexity index is 1060. The fourth-order valence-electron chi connectivity index (χ4n) is 4.06. The van der Waals surface area contributed by atoms with Gasteiger partial charge < -0.3 is 15.6 Å². The molecule has 1 aliphatic heterocycles. The number of hydrogen-bond acceptors (Lipinski definition) is 6. The van der Waals surface area contributed by atoms with Crippen LogP contribution in [0.1, 0.15) is 17.5 Å². The molecule has 2 atom stereocenters. The lowest BCUT2D eigenvalue weighted by molar-refractivity contribution is 0.233. The number of nitrogens with one attached hydrogen (secondary N) is 1. The van der Waals surface area contributed by atoms with Crippen LogP contribution in [-0.4, -0.2) is 45.0 Å². The zero-order valence-electron chi connectivity index (χ0n) is 15.2. The molecular formula is C20H22N6O. The average molecular weight is 362 g/mol. The Morgan fingerprint density at radius 2 is 2.07 bits per heavy atom. The number of aromatic nitrogens is 3. The quantitative estimate of drug-likeness (QED) is 0.737. The summed E-state index contributed by atoms with van der Waals surface area (Å²) in [6.07, 6.45) is 4.80. The van der Waals surface area contributed by atoms with Crippen molar-refractivity contribution >= 4 is 22.5 Å². The molecule has 27 heavy (non-hydrogen) atoms. The van der Waals surface area contributed by atoms with Crippen LogP contribution in [0.5, 0.6) is 0 Å². The van der Waals surface area contributed by atoms with E-state index in [0.29, 0.717) is 23.3 Å². The van der Waals surface area contributed by atoms with Crippen molar-refractivity contribution in [2.45, 2.75) is 32.0 Å². The first-order valence-corrected chi connectivity index (χ1v) is 9.29. The second-order valence-corrected chi connectivity index (χ2v) is 7.54. The van der Waals surface area contributed by atoms with Crippen molar-refractivity contribution in [1.29, 1.82) is 0 Å². The molecule has 0 radical (unpaired) electrons. The highest BCUT2D eigenvalue weighted by Gasteiger charge is 2.49. The molecule has 0 unspecified atom stereocenters. The summed E-state index contributed by atoms with van der Waals surface area (Å²) in [7, 11) is 0. The Kier molecular flexibility index (Phi) is 3.65. The van der Waals surface area contributed by atoms with E-state index in [0.717, 1.165) is 48.5 Å². The molecule has 2 fully saturated rings. The zero-order valence-corrected chi connectivity index (χ0v) is 15.2. The predicted molar refractivity (Wildman–Crippen MR) is 106 cm³/mol. The van der Waals surface area contributed by atoms with Crippen molar-refractivity contribution in [3.63, 3.8) is 0 Å². The number of aryl methyl sites for hydroxylation is 1. The van der Waals surface area contributed by atoms with Gasteiger partial charge in [-0.3, -0.25) is 14.7 Å². The molecule has 5 rings (SSSR count). The normalized spacial score (nSPS) is 22.0. The van der Waals surface area contributed by atoms with Gasteiger partial charge in [-0.05, 0) is 43.2 Å². The van der Waals surface area contributed by atoms with Crippen LogP contribution in [0.25, 0.3) is 11.0 Å². The minimum Gasteiger partial charge on any atom is -0.397 e. The molecule has 1 saturated carbocycles. The lowest BCUT2D eigenvalue weighted by Crippen LogP contribution is -2.46. The second kappa shape index (κ2) is 6.06. The Morgan fingerprint density at radius 3 is 2.89 bits per heavy atom. The van der Waals surface area contributed by atoms with Gasteiger partial charge in [-0.15, -0.1) is 0 Å². The Labute approximate surface area is 156 Å². The van der Waals surface area contributed by atoms with E-state index < -0.39 is 0 Å². The monoisotopic (exact) mass is 362 g/mol. The van der Waals surface area contributed by atoms with Crippen LogP contribution in [0, 0.1) is 6.92 Å². The van der Waals surface area contributed by atoms with Crippen molar-refractivity contribution in [1.82, 2.24) is 19.9 Å². The van der Waals surface area contributed by atoms with Crippen molar-refractivity contribution in [3.8, 4) is 0 Å². The van der Waals surface area contributed by atoms with Crippen LogP contribution in [0.3, 0.4) is 0 Å². The van der Waals surface area contributed by atoms with E-state index >= 15 is 0 Å². The van der Waals surface area contributed by atoms with Crippen LogP contribution < -0.4 is 16.2 Å². The summed E-state index contributed by atoms with van der Waals surface area (Å²) >= 11 is 0. The van der Waals surface area contributed by atoms with Crippen LogP contribution in [-0.2, 0) is 6.54 Å². The third-order valence-corrected chi connectivity index (χ3v) is 5.61. The highest BCUT2D eigenvalue weighted by Crippen LogP contribution is 2.39. The van der Waals surface area contributed by atoms with E-state index in [9.17, 15) is 4.79 Å². The smallest absolute Gasteiger partial charge is 0.251 e. The topological polar surface area (TPSA) is 91.1 Å². The molecule has 3 aromatic heterocycles. The zero-order chi connectivity index (χ0) is 18.5. The van der Waals surface area contributed by atoms with Crippen molar-refractivity contribution in [2.24, 2.45) is 0 Å². The van der Waals surface area contributed by atoms with Crippen LogP contribution in [0.2, 0.25) is 0 Å². The molecule has 1 aliphatic carbocycles. The summed E-state index contributed by atoms with van der Waals surface area (Å²) in [6, 6.07) is 8.87. The maximum atomic E-state index is 11.9. The van der Waals surface area contributed by atoms with Crippen molar-refractivity contribution in [3.05, 3.63) is 58.1 Å². The molecule has 2 aliphatic rings. The number of rotatable bonds is 3. The van der Waals surface area contributed by atoms with E-state index in [-0.39, 0.29) is 5.56 Å². The van der Waals surface area contributed by atoms with Gasteiger partial charge in [0.05, 0.1) is 22.9 Å². The number of H-pyrrole nitrogens is 1. The standard InChI is InChI=1S/C20H22N6O/c1-12-6-15-16(24-20(12)27)7-13(9-22-15)11-25-4-5-26(18-8-17(18)25)19-3-2-14(21)10-23-19/h2-3,6-7,9-10,17-18H,4-5,8,11,21H2,1H3,(H,24,27)/t17-,18+/m1/s1. The summed E-state index contributed by atoms with van der Waals surface area (Å²) in [5.74, 6) is 1.01. The maximum absolute atomic E-state index is 11.9. The van der Waals surface area contributed by atoms with E-state index in [1.165, 1.54) is 0 Å². The lowest BCUT2D eigenvalue weighted by atomic mass is 10.2. The number of anilines is 2. The molecule has 0 aromatic carbocycles. The molecular weight excluding hydrogens is 340 g/mol. The first-order chi connectivity index (χ1) is 13.1. The fourth-order valence-corrected chi connectivity index (χ4v) is 4.06. The maximum Gasteiger partial charge on any atom is 0.251 e. The van der Waals surface area contributed by atoms with E-state index in [1.807, 2.05) is 24.4 Å². The van der Waals surface area contributed by atoms with Gasteiger partial charge in [-0.1, -0.05) is 0 Å². The van der Waals surface area contributed by atoms with Gasteiger partial charge >= 0.3 is 0 Å². The summed E-state index contributed by atoms with van der Waals surface area (Å²) in [4.78, 5) is 28.7. The third kappa shape index (κ3) is 2.94. The van der Waals surface area contributed by atoms with Crippen LogP contribution in [0.15, 0.2) is 41.5 Å². The number of piperazine rings is 1. The van der Waals surface area contributed by atoms with E-state index in [4.69, 9.17) is 5.73 Å². The molecule has 0 spiro atoms. The number of nitrogen functional groups attached to an aromatic ring is 1. The number of aromatic amines is 1. The number of nitrogens with two attached hydrogens (primary N) is 1. The van der Waals surface area contributed by atoms with Gasteiger partial charge in [-0.2, -0.15) is 0 Å². The first-order valence-electron chi connectivity index (χ1n) is 9.29. The Balaban J connectivity index is 1.32. The molecule has 138 valence electrons. The summed E-state index contributed by atoms with van der Waals surface area (Å²) in [6.45, 7) is 4.59. The SMILES string of the molecule is Cc1cc2ncc(CN3CCN(c4ccc(N)cn4)[C@H]4C[C@H]43)cc2[nH]c1=O. The van der Waals surface area contributed by atoms with Gasteiger partial charge in [0.25, 0.3) is 5.56 Å². The van der Waals surface area contributed by atoms with Crippen LogP contribution in [0.4, 0.5) is 11.5 Å². The molecule has 7 nitrogen and oxygen atoms in total. The first kappa shape index (κ1) is 16.3. The fraction of sp³-hybridized carbons (Fsp3) is 0.350. The molecule has 4 heterocycles. The van der Waals surface area contributed by atoms with E-state index in [1.54, 1.807) is 13.1 Å². The average Bonchev–Trinajstić information content (AvgIpc) is 3.45. The van der Waals surface area contributed by atoms with Crippen molar-refractivity contribution in [2.75, 3.05) is 23.7 Å². The van der Waals surface area contributed by atoms with Gasteiger partial charge in [0.1, 0.15) is 5.82 Å². The lowest BCUT2D eigenvalue weighted by Gasteiger charge is -2.34. The highest BCUT2D eigenvalue weighted by molar-refractivity contribution is 5.74. The molecule has 7 heteroatoms. The second-order valence-electron chi connectivity index (χ2n) is 7.54. The third-order valence-electron chi connectivity index (χ3n) is 5.61. The molecule has 3 aromatic rings. The van der Waals surface area contributed by atoms with Gasteiger partial charge in [0, 0.05) is 43.5 Å². The summed E-state index contributed by atoms with van der Waals surface area (Å²) < 4.78 is 0. The number of fused-ring (bicyclic) bond motifs is 2. The predicted octanol–water partition coefficient (Wildman–Crippen LogP) is 1.67. The van der Waals surface area contributed by atoms with Gasteiger partial charge in [0.2, 0.25) is 0 Å². The molecule has 0 amide bonds. The summed E-state index contributed by atoms with van der Waals surface area (Å²) in [5.41, 5.74) is 9.86. The molecule has 0 bridgehead atoms. The van der Waals surface area contributed by atoms with E-state index in [2.05, 4.69) is 30.8 Å². The molecule has 1 saturated heterocycles. The number of hydrogen-bond donors (Lipinski definition) is 2. The Hall–Kier alpha value is -2.93. The van der Waals surface area contributed by atoms with Gasteiger partial charge in [-0.25, -0.2) is 4.98 Å². The number of nitrogens with zero attached hydrogens (tertiary/aromatic N) is 4. The number of pyridine rings is 3.